The van der Waals surface area contributed by atoms with E-state index in [0.717, 1.165) is 16.7 Å². The summed E-state index contributed by atoms with van der Waals surface area (Å²) >= 11 is 0. The molecule has 9 nitrogen and oxygen atoms in total. The van der Waals surface area contributed by atoms with E-state index in [1.54, 1.807) is 38.0 Å². The van der Waals surface area contributed by atoms with Gasteiger partial charge in [0.1, 0.15) is 0 Å². The number of benzene rings is 2. The average Bonchev–Trinajstić information content (AvgIpc) is 2.84. The first-order valence-electron chi connectivity index (χ1n) is 11.3. The molecule has 34 heavy (non-hydrogen) atoms. The number of urea groups is 3. The Hall–Kier alpha value is -3.75. The molecular weight excluding hydrogens is 432 g/mol. The molecular formula is C25H36N6O3. The molecule has 0 aliphatic heterocycles. The number of nitrogens with zero attached hydrogens (tertiary/aromatic N) is 3. The number of carbonyl (C=O) groups excluding carboxylic acids is 3. The summed E-state index contributed by atoms with van der Waals surface area (Å²) in [7, 11) is 6.86. The van der Waals surface area contributed by atoms with E-state index < -0.39 is 0 Å². The van der Waals surface area contributed by atoms with Crippen LogP contribution in [0.4, 0.5) is 14.4 Å². The van der Waals surface area contributed by atoms with Crippen molar-refractivity contribution in [3.8, 4) is 0 Å². The second kappa shape index (κ2) is 13.7. The topological polar surface area (TPSA) is 97.0 Å². The average molecular weight is 469 g/mol. The molecule has 0 fully saturated rings. The van der Waals surface area contributed by atoms with E-state index in [0.29, 0.717) is 39.1 Å². The maximum absolute atomic E-state index is 12.4. The normalized spacial score (nSPS) is 10.2. The lowest BCUT2D eigenvalue weighted by molar-refractivity contribution is 0.198. The van der Waals surface area contributed by atoms with Gasteiger partial charge in [0.05, 0.1) is 0 Å². The lowest BCUT2D eigenvalue weighted by Gasteiger charge is -2.21. The standard InChI is InChI=1S/C25H36N6O3/c1-29(2)23(32)26-18-21-12-8-13-22(16-21)19-28-25(34)31(4)15-9-14-30(3)24(33)27-17-20-10-6-5-7-11-20/h5-8,10-13,16H,9,14-15,17-19H2,1-4H3,(H,26,32)(H,27,33)(H,28,34). The van der Waals surface area contributed by atoms with Crippen molar-refractivity contribution in [2.75, 3.05) is 41.3 Å². The number of hydrogen-bond donors (Lipinski definition) is 3. The third-order valence-electron chi connectivity index (χ3n) is 5.25. The number of carbonyl (C=O) groups is 3. The van der Waals surface area contributed by atoms with Gasteiger partial charge in [-0.1, -0.05) is 54.6 Å². The molecule has 0 aliphatic carbocycles. The SMILES string of the molecule is CN(C)C(=O)NCc1cccc(CNC(=O)N(C)CCCN(C)C(=O)NCc2ccccc2)c1. The van der Waals surface area contributed by atoms with E-state index in [4.69, 9.17) is 0 Å². The van der Waals surface area contributed by atoms with Crippen LogP contribution in [0.25, 0.3) is 0 Å². The third-order valence-corrected chi connectivity index (χ3v) is 5.25. The molecule has 0 aliphatic rings. The van der Waals surface area contributed by atoms with Gasteiger partial charge in [-0.15, -0.1) is 0 Å². The summed E-state index contributed by atoms with van der Waals surface area (Å²) in [6, 6.07) is 17.0. The van der Waals surface area contributed by atoms with E-state index in [1.807, 2.05) is 54.6 Å². The van der Waals surface area contributed by atoms with E-state index >= 15 is 0 Å². The van der Waals surface area contributed by atoms with Crippen LogP contribution in [0.5, 0.6) is 0 Å². The molecule has 184 valence electrons. The second-order valence-electron chi connectivity index (χ2n) is 8.37. The van der Waals surface area contributed by atoms with Crippen LogP contribution in [0.2, 0.25) is 0 Å². The zero-order valence-electron chi connectivity index (χ0n) is 20.5. The second-order valence-corrected chi connectivity index (χ2v) is 8.37. The van der Waals surface area contributed by atoms with Gasteiger partial charge in [-0.05, 0) is 23.1 Å². The maximum Gasteiger partial charge on any atom is 0.317 e. The van der Waals surface area contributed by atoms with Crippen molar-refractivity contribution in [1.29, 1.82) is 0 Å². The summed E-state index contributed by atoms with van der Waals surface area (Å²) in [5, 5.41) is 8.62. The van der Waals surface area contributed by atoms with E-state index in [1.165, 1.54) is 4.90 Å². The lowest BCUT2D eigenvalue weighted by atomic mass is 10.1. The molecule has 6 amide bonds. The number of rotatable bonds is 10. The van der Waals surface area contributed by atoms with Crippen molar-refractivity contribution in [3.05, 3.63) is 71.3 Å². The minimum atomic E-state index is -0.178. The molecule has 0 spiro atoms. The molecule has 3 N–H and O–H groups in total. The Morgan fingerprint density at radius 3 is 1.56 bits per heavy atom. The van der Waals surface area contributed by atoms with Crippen LogP contribution in [0.15, 0.2) is 54.6 Å². The van der Waals surface area contributed by atoms with Gasteiger partial charge in [-0.2, -0.15) is 0 Å². The van der Waals surface area contributed by atoms with Gasteiger partial charge in [0.15, 0.2) is 0 Å². The first-order chi connectivity index (χ1) is 16.3. The molecule has 0 aromatic heterocycles. The van der Waals surface area contributed by atoms with Crippen molar-refractivity contribution in [2.24, 2.45) is 0 Å². The Labute approximate surface area is 202 Å². The summed E-state index contributed by atoms with van der Waals surface area (Å²) < 4.78 is 0. The zero-order chi connectivity index (χ0) is 24.9. The Morgan fingerprint density at radius 2 is 1.06 bits per heavy atom. The van der Waals surface area contributed by atoms with Crippen LogP contribution in [0, 0.1) is 0 Å². The molecule has 0 unspecified atom stereocenters. The number of amides is 6. The van der Waals surface area contributed by atoms with Crippen molar-refractivity contribution in [3.63, 3.8) is 0 Å². The fourth-order valence-corrected chi connectivity index (χ4v) is 3.15. The van der Waals surface area contributed by atoms with E-state index in [2.05, 4.69) is 16.0 Å². The van der Waals surface area contributed by atoms with Crippen molar-refractivity contribution < 1.29 is 14.4 Å². The van der Waals surface area contributed by atoms with Crippen LogP contribution < -0.4 is 16.0 Å². The Bertz CT molecular complexity index is 935. The molecule has 0 saturated heterocycles. The highest BCUT2D eigenvalue weighted by molar-refractivity contribution is 5.74. The molecule has 0 atom stereocenters. The van der Waals surface area contributed by atoms with Crippen LogP contribution in [-0.4, -0.2) is 74.1 Å². The molecule has 0 bridgehead atoms. The summed E-state index contributed by atoms with van der Waals surface area (Å²) in [6.45, 7) is 2.36. The maximum atomic E-state index is 12.4. The van der Waals surface area contributed by atoms with Gasteiger partial charge in [0.2, 0.25) is 0 Å². The molecule has 2 aromatic carbocycles. The van der Waals surface area contributed by atoms with Crippen LogP contribution in [-0.2, 0) is 19.6 Å². The quantitative estimate of drug-likeness (QED) is 0.500. The van der Waals surface area contributed by atoms with Crippen LogP contribution in [0.1, 0.15) is 23.1 Å². The molecule has 9 heteroatoms. The smallest absolute Gasteiger partial charge is 0.317 e. The highest BCUT2D eigenvalue weighted by atomic mass is 16.2. The summed E-state index contributed by atoms with van der Waals surface area (Å²) in [6.07, 6.45) is 0.667. The Kier molecular flexibility index (Phi) is 10.7. The largest absolute Gasteiger partial charge is 0.334 e. The van der Waals surface area contributed by atoms with E-state index in [-0.39, 0.29) is 18.1 Å². The van der Waals surface area contributed by atoms with Crippen LogP contribution >= 0.6 is 0 Å². The summed E-state index contributed by atoms with van der Waals surface area (Å²) in [5.41, 5.74) is 2.96. The fourth-order valence-electron chi connectivity index (χ4n) is 3.15. The fraction of sp³-hybridized carbons (Fsp3) is 0.400. The number of hydrogen-bond acceptors (Lipinski definition) is 3. The number of nitrogens with one attached hydrogen (secondary N) is 3. The Morgan fingerprint density at radius 1 is 0.618 bits per heavy atom. The molecule has 0 heterocycles. The van der Waals surface area contributed by atoms with Gasteiger partial charge in [-0.25, -0.2) is 14.4 Å². The van der Waals surface area contributed by atoms with Gasteiger partial charge < -0.3 is 30.7 Å². The summed E-state index contributed by atoms with van der Waals surface area (Å²) in [5.74, 6) is 0. The third kappa shape index (κ3) is 9.40. The molecule has 0 radical (unpaired) electrons. The minimum absolute atomic E-state index is 0.141. The first kappa shape index (κ1) is 26.5. The predicted molar refractivity (Wildman–Crippen MR) is 133 cm³/mol. The van der Waals surface area contributed by atoms with Gasteiger partial charge >= 0.3 is 18.1 Å². The molecule has 2 rings (SSSR count). The van der Waals surface area contributed by atoms with Gasteiger partial charge in [0, 0.05) is 60.9 Å². The van der Waals surface area contributed by atoms with E-state index in [9.17, 15) is 14.4 Å². The molecule has 2 aromatic rings. The first-order valence-corrected chi connectivity index (χ1v) is 11.3. The zero-order valence-corrected chi connectivity index (χ0v) is 20.5. The van der Waals surface area contributed by atoms with Crippen molar-refractivity contribution in [2.45, 2.75) is 26.1 Å². The summed E-state index contributed by atoms with van der Waals surface area (Å²) in [4.78, 5) is 41.0. The monoisotopic (exact) mass is 468 g/mol. The predicted octanol–water partition coefficient (Wildman–Crippen LogP) is 2.83. The molecule has 0 saturated carbocycles. The van der Waals surface area contributed by atoms with Crippen LogP contribution in [0.3, 0.4) is 0 Å². The Balaban J connectivity index is 1.67. The lowest BCUT2D eigenvalue weighted by Crippen LogP contribution is -2.40. The highest BCUT2D eigenvalue weighted by Gasteiger charge is 2.11. The van der Waals surface area contributed by atoms with Crippen molar-refractivity contribution >= 4 is 18.1 Å². The minimum Gasteiger partial charge on any atom is -0.334 e. The van der Waals surface area contributed by atoms with Crippen molar-refractivity contribution in [1.82, 2.24) is 30.7 Å². The van der Waals surface area contributed by atoms with Gasteiger partial charge in [0.25, 0.3) is 0 Å². The highest BCUT2D eigenvalue weighted by Crippen LogP contribution is 2.06. The van der Waals surface area contributed by atoms with Gasteiger partial charge in [-0.3, -0.25) is 0 Å².